The van der Waals surface area contributed by atoms with Crippen LogP contribution in [0.2, 0.25) is 0 Å². The largest absolute Gasteiger partial charge is 0.123 e. The van der Waals surface area contributed by atoms with E-state index < -0.39 is 0 Å². The van der Waals surface area contributed by atoms with E-state index in [0.717, 1.165) is 0 Å². The molecule has 0 fully saturated rings. The minimum absolute atomic E-state index is 0.344. The Kier molecular flexibility index (Phi) is 6.20. The Labute approximate surface area is 70.0 Å². The Morgan fingerprint density at radius 2 is 1.80 bits per heavy atom. The lowest BCUT2D eigenvalue weighted by Crippen LogP contribution is -2.06. The Morgan fingerprint density at radius 3 is 2.20 bits per heavy atom. The predicted octanol–water partition coefficient (Wildman–Crippen LogP) is 3.83. The van der Waals surface area contributed by atoms with Crippen LogP contribution in [0.5, 0.6) is 0 Å². The number of alkyl halides is 1. The second kappa shape index (κ2) is 6.03. The molecule has 2 atom stereocenters. The Bertz CT molecular complexity index is 69.1. The molecule has 10 heavy (non-hydrogen) atoms. The lowest BCUT2D eigenvalue weighted by atomic mass is 10.0. The molecule has 2 unspecified atom stereocenters. The molecule has 0 bridgehead atoms. The van der Waals surface area contributed by atoms with Crippen LogP contribution in [-0.2, 0) is 0 Å². The summed E-state index contributed by atoms with van der Waals surface area (Å²) < 4.78 is 0. The summed E-state index contributed by atoms with van der Waals surface area (Å²) in [6, 6.07) is 0. The molecule has 0 N–H and O–H groups in total. The Hall–Kier alpha value is 0.290. The molecule has 0 saturated carbocycles. The van der Waals surface area contributed by atoms with Gasteiger partial charge in [-0.2, -0.15) is 0 Å². The molecular formula is C9H19Cl. The quantitative estimate of drug-likeness (QED) is 0.426. The van der Waals surface area contributed by atoms with Gasteiger partial charge in [0, 0.05) is 5.38 Å². The highest BCUT2D eigenvalue weighted by atomic mass is 35.5. The molecule has 0 aromatic rings. The maximum atomic E-state index is 5.91. The normalized spacial score (nSPS) is 16.8. The SMILES string of the molecule is CCCCCC(C)C(C)Cl. The van der Waals surface area contributed by atoms with Crippen LogP contribution in [0.15, 0.2) is 0 Å². The minimum atomic E-state index is 0.344. The first-order chi connectivity index (χ1) is 4.68. The van der Waals surface area contributed by atoms with Gasteiger partial charge in [-0.25, -0.2) is 0 Å². The summed E-state index contributed by atoms with van der Waals surface area (Å²) in [6.45, 7) is 6.54. The van der Waals surface area contributed by atoms with E-state index in [9.17, 15) is 0 Å². The minimum Gasteiger partial charge on any atom is -0.123 e. The molecule has 62 valence electrons. The van der Waals surface area contributed by atoms with Crippen molar-refractivity contribution in [3.63, 3.8) is 0 Å². The van der Waals surface area contributed by atoms with Gasteiger partial charge in [0.25, 0.3) is 0 Å². The monoisotopic (exact) mass is 162 g/mol. The van der Waals surface area contributed by atoms with Crippen molar-refractivity contribution in [2.24, 2.45) is 5.92 Å². The van der Waals surface area contributed by atoms with E-state index in [1.54, 1.807) is 0 Å². The van der Waals surface area contributed by atoms with Crippen LogP contribution >= 0.6 is 11.6 Å². The average Bonchev–Trinajstić information content (AvgIpc) is 1.88. The van der Waals surface area contributed by atoms with Crippen molar-refractivity contribution in [2.45, 2.75) is 51.8 Å². The van der Waals surface area contributed by atoms with Crippen molar-refractivity contribution in [2.75, 3.05) is 0 Å². The molecule has 0 spiro atoms. The van der Waals surface area contributed by atoms with Crippen molar-refractivity contribution in [3.05, 3.63) is 0 Å². The van der Waals surface area contributed by atoms with Gasteiger partial charge in [0.2, 0.25) is 0 Å². The van der Waals surface area contributed by atoms with Crippen LogP contribution in [0, 0.1) is 5.92 Å². The lowest BCUT2D eigenvalue weighted by molar-refractivity contribution is 0.488. The van der Waals surface area contributed by atoms with E-state index in [1.807, 2.05) is 0 Å². The van der Waals surface area contributed by atoms with Gasteiger partial charge < -0.3 is 0 Å². The first kappa shape index (κ1) is 10.3. The van der Waals surface area contributed by atoms with E-state index in [4.69, 9.17) is 11.6 Å². The molecule has 0 aromatic carbocycles. The summed E-state index contributed by atoms with van der Waals surface area (Å²) in [5, 5.41) is 0.344. The predicted molar refractivity (Wildman–Crippen MR) is 48.6 cm³/mol. The van der Waals surface area contributed by atoms with Gasteiger partial charge in [0.15, 0.2) is 0 Å². The maximum Gasteiger partial charge on any atom is 0.0333 e. The summed E-state index contributed by atoms with van der Waals surface area (Å²) in [7, 11) is 0. The highest BCUT2D eigenvalue weighted by Crippen LogP contribution is 2.16. The molecule has 0 aliphatic heterocycles. The summed E-state index contributed by atoms with van der Waals surface area (Å²) in [5.74, 6) is 0.688. The summed E-state index contributed by atoms with van der Waals surface area (Å²) >= 11 is 5.91. The fraction of sp³-hybridized carbons (Fsp3) is 1.00. The molecule has 0 aliphatic carbocycles. The van der Waals surface area contributed by atoms with E-state index in [-0.39, 0.29) is 0 Å². The van der Waals surface area contributed by atoms with Gasteiger partial charge >= 0.3 is 0 Å². The second-order valence-corrected chi connectivity index (χ2v) is 3.84. The third-order valence-electron chi connectivity index (χ3n) is 2.05. The molecule has 1 heteroatoms. The van der Waals surface area contributed by atoms with Gasteiger partial charge in [-0.3, -0.25) is 0 Å². The smallest absolute Gasteiger partial charge is 0.0333 e. The molecule has 0 amide bonds. The average molecular weight is 163 g/mol. The van der Waals surface area contributed by atoms with Crippen molar-refractivity contribution in [3.8, 4) is 0 Å². The van der Waals surface area contributed by atoms with E-state index in [0.29, 0.717) is 11.3 Å². The van der Waals surface area contributed by atoms with Gasteiger partial charge in [0.1, 0.15) is 0 Å². The molecule has 0 aliphatic rings. The maximum absolute atomic E-state index is 5.91. The van der Waals surface area contributed by atoms with Gasteiger partial charge in [-0.15, -0.1) is 11.6 Å². The molecular weight excluding hydrogens is 144 g/mol. The number of unbranched alkanes of at least 4 members (excludes halogenated alkanes) is 2. The van der Waals surface area contributed by atoms with Crippen molar-refractivity contribution in [1.82, 2.24) is 0 Å². The third-order valence-corrected chi connectivity index (χ3v) is 2.48. The van der Waals surface area contributed by atoms with Gasteiger partial charge in [-0.1, -0.05) is 33.1 Å². The third kappa shape index (κ3) is 5.10. The standard InChI is InChI=1S/C9H19Cl/c1-4-5-6-7-8(2)9(3)10/h8-9H,4-7H2,1-3H3. The first-order valence-corrected chi connectivity index (χ1v) is 4.76. The molecule has 0 heterocycles. The highest BCUT2D eigenvalue weighted by molar-refractivity contribution is 6.20. The molecule has 0 aromatic heterocycles. The van der Waals surface area contributed by atoms with Crippen LogP contribution in [0.25, 0.3) is 0 Å². The molecule has 0 radical (unpaired) electrons. The van der Waals surface area contributed by atoms with E-state index in [2.05, 4.69) is 20.8 Å². The summed E-state index contributed by atoms with van der Waals surface area (Å²) in [6.07, 6.45) is 5.30. The fourth-order valence-electron chi connectivity index (χ4n) is 0.946. The molecule has 0 nitrogen and oxygen atoms in total. The van der Waals surface area contributed by atoms with E-state index in [1.165, 1.54) is 25.7 Å². The topological polar surface area (TPSA) is 0 Å². The van der Waals surface area contributed by atoms with Gasteiger partial charge in [-0.05, 0) is 19.3 Å². The number of hydrogen-bond donors (Lipinski definition) is 0. The highest BCUT2D eigenvalue weighted by Gasteiger charge is 2.07. The second-order valence-electron chi connectivity index (χ2n) is 3.15. The molecule has 0 saturated heterocycles. The Balaban J connectivity index is 3.13. The zero-order chi connectivity index (χ0) is 7.98. The molecule has 0 rings (SSSR count). The van der Waals surface area contributed by atoms with E-state index >= 15 is 0 Å². The number of rotatable bonds is 5. The van der Waals surface area contributed by atoms with Crippen molar-refractivity contribution in [1.29, 1.82) is 0 Å². The zero-order valence-electron chi connectivity index (χ0n) is 7.36. The van der Waals surface area contributed by atoms with Crippen molar-refractivity contribution >= 4 is 11.6 Å². The van der Waals surface area contributed by atoms with Crippen LogP contribution < -0.4 is 0 Å². The fourth-order valence-corrected chi connectivity index (χ4v) is 1.07. The van der Waals surface area contributed by atoms with Crippen LogP contribution in [0.4, 0.5) is 0 Å². The summed E-state index contributed by atoms with van der Waals surface area (Å²) in [4.78, 5) is 0. The number of hydrogen-bond acceptors (Lipinski definition) is 0. The van der Waals surface area contributed by atoms with Crippen LogP contribution in [-0.4, -0.2) is 5.38 Å². The lowest BCUT2D eigenvalue weighted by Gasteiger charge is -2.12. The van der Waals surface area contributed by atoms with Crippen LogP contribution in [0.3, 0.4) is 0 Å². The Morgan fingerprint density at radius 1 is 1.20 bits per heavy atom. The van der Waals surface area contributed by atoms with Crippen LogP contribution in [0.1, 0.15) is 46.5 Å². The van der Waals surface area contributed by atoms with Crippen molar-refractivity contribution < 1.29 is 0 Å². The number of halogens is 1. The zero-order valence-corrected chi connectivity index (χ0v) is 8.12. The first-order valence-electron chi connectivity index (χ1n) is 4.32. The summed E-state index contributed by atoms with van der Waals surface area (Å²) in [5.41, 5.74) is 0. The van der Waals surface area contributed by atoms with Gasteiger partial charge in [0.05, 0.1) is 0 Å².